The Balaban J connectivity index is 2.69. The number of sulfonamides is 1. The summed E-state index contributed by atoms with van der Waals surface area (Å²) < 4.78 is 27.1. The Labute approximate surface area is 129 Å². The molecular weight excluding hydrogens is 312 g/mol. The summed E-state index contributed by atoms with van der Waals surface area (Å²) >= 11 is 0.995. The number of carboxylic acids is 1. The maximum atomic E-state index is 12.2. The Bertz CT molecular complexity index is 564. The molecule has 0 aromatic carbocycles. The van der Waals surface area contributed by atoms with Crippen LogP contribution >= 0.6 is 11.3 Å². The van der Waals surface area contributed by atoms with Crippen molar-refractivity contribution in [3.63, 3.8) is 0 Å². The molecular formula is C13H22N2O4S2. The molecule has 6 nitrogen and oxygen atoms in total. The second kappa shape index (κ2) is 7.88. The molecule has 1 rings (SSSR count). The smallest absolute Gasteiger partial charge is 0.308 e. The summed E-state index contributed by atoms with van der Waals surface area (Å²) in [5.41, 5.74) is 0. The van der Waals surface area contributed by atoms with Crippen LogP contribution in [0.25, 0.3) is 0 Å². The van der Waals surface area contributed by atoms with E-state index in [9.17, 15) is 13.2 Å². The number of carbonyl (C=O) groups is 1. The second-order valence-electron chi connectivity index (χ2n) is 4.71. The molecule has 0 aliphatic carbocycles. The predicted molar refractivity (Wildman–Crippen MR) is 83.2 cm³/mol. The minimum Gasteiger partial charge on any atom is -0.481 e. The SMILES string of the molecule is CCN(CC)C(C)CNS(=O)(=O)c1ccc(CC(=O)O)s1. The van der Waals surface area contributed by atoms with Gasteiger partial charge in [-0.05, 0) is 32.1 Å². The van der Waals surface area contributed by atoms with Gasteiger partial charge in [0.05, 0.1) is 6.42 Å². The molecule has 0 radical (unpaired) electrons. The van der Waals surface area contributed by atoms with Gasteiger partial charge in [0.1, 0.15) is 4.21 Å². The van der Waals surface area contributed by atoms with Crippen molar-refractivity contribution < 1.29 is 18.3 Å². The predicted octanol–water partition coefficient (Wildman–Crippen LogP) is 1.38. The summed E-state index contributed by atoms with van der Waals surface area (Å²) in [6.45, 7) is 8.09. The van der Waals surface area contributed by atoms with Crippen molar-refractivity contribution in [3.8, 4) is 0 Å². The van der Waals surface area contributed by atoms with Crippen LogP contribution in [0.1, 0.15) is 25.6 Å². The third-order valence-electron chi connectivity index (χ3n) is 3.23. The van der Waals surface area contributed by atoms with Crippen molar-refractivity contribution in [2.45, 2.75) is 37.4 Å². The number of hydrogen-bond acceptors (Lipinski definition) is 5. The van der Waals surface area contributed by atoms with E-state index in [4.69, 9.17) is 5.11 Å². The molecule has 0 aliphatic heterocycles. The number of nitrogens with one attached hydrogen (secondary N) is 1. The molecule has 1 aromatic heterocycles. The molecule has 1 heterocycles. The highest BCUT2D eigenvalue weighted by molar-refractivity contribution is 7.91. The molecule has 0 saturated carbocycles. The monoisotopic (exact) mass is 334 g/mol. The molecule has 1 unspecified atom stereocenters. The van der Waals surface area contributed by atoms with Crippen molar-refractivity contribution in [2.24, 2.45) is 0 Å². The first kappa shape index (κ1) is 18.1. The Morgan fingerprint density at radius 2 is 2.00 bits per heavy atom. The fourth-order valence-corrected chi connectivity index (χ4v) is 4.54. The molecule has 120 valence electrons. The largest absolute Gasteiger partial charge is 0.481 e. The van der Waals surface area contributed by atoms with Gasteiger partial charge in [-0.3, -0.25) is 9.69 Å². The molecule has 2 N–H and O–H groups in total. The quantitative estimate of drug-likeness (QED) is 0.712. The van der Waals surface area contributed by atoms with Gasteiger partial charge in [0.25, 0.3) is 0 Å². The van der Waals surface area contributed by atoms with Crippen molar-refractivity contribution in [1.29, 1.82) is 0 Å². The third kappa shape index (κ3) is 5.39. The van der Waals surface area contributed by atoms with E-state index in [1.807, 2.05) is 20.8 Å². The lowest BCUT2D eigenvalue weighted by atomic mass is 10.3. The van der Waals surface area contributed by atoms with Gasteiger partial charge in [-0.2, -0.15) is 0 Å². The number of aliphatic carboxylic acids is 1. The lowest BCUT2D eigenvalue weighted by molar-refractivity contribution is -0.136. The maximum Gasteiger partial charge on any atom is 0.308 e. The van der Waals surface area contributed by atoms with Crippen LogP contribution in [-0.4, -0.2) is 50.1 Å². The molecule has 0 amide bonds. The third-order valence-corrected chi connectivity index (χ3v) is 6.23. The summed E-state index contributed by atoms with van der Waals surface area (Å²) in [7, 11) is -3.57. The van der Waals surface area contributed by atoms with Gasteiger partial charge >= 0.3 is 5.97 Å². The van der Waals surface area contributed by atoms with Crippen LogP contribution in [0.4, 0.5) is 0 Å². The molecule has 0 spiro atoms. The number of nitrogens with zero attached hydrogens (tertiary/aromatic N) is 1. The normalized spacial score (nSPS) is 13.5. The van der Waals surface area contributed by atoms with Crippen LogP contribution in [-0.2, 0) is 21.2 Å². The molecule has 0 saturated heterocycles. The van der Waals surface area contributed by atoms with E-state index >= 15 is 0 Å². The van der Waals surface area contributed by atoms with Gasteiger partial charge < -0.3 is 5.11 Å². The number of hydrogen-bond donors (Lipinski definition) is 2. The highest BCUT2D eigenvalue weighted by Gasteiger charge is 2.19. The minimum absolute atomic E-state index is 0.105. The van der Waals surface area contributed by atoms with Crippen LogP contribution in [0.2, 0.25) is 0 Å². The molecule has 0 aliphatic rings. The second-order valence-corrected chi connectivity index (χ2v) is 7.88. The lowest BCUT2D eigenvalue weighted by Gasteiger charge is -2.26. The Morgan fingerprint density at radius 3 is 2.52 bits per heavy atom. The van der Waals surface area contributed by atoms with Gasteiger partial charge in [0, 0.05) is 17.5 Å². The van der Waals surface area contributed by atoms with Crippen LogP contribution < -0.4 is 4.72 Å². The first-order chi connectivity index (χ1) is 9.80. The molecule has 1 atom stereocenters. The minimum atomic E-state index is -3.57. The zero-order chi connectivity index (χ0) is 16.0. The van der Waals surface area contributed by atoms with Crippen molar-refractivity contribution in [3.05, 3.63) is 17.0 Å². The molecule has 8 heteroatoms. The molecule has 1 aromatic rings. The summed E-state index contributed by atoms with van der Waals surface area (Å²) in [4.78, 5) is 13.3. The van der Waals surface area contributed by atoms with Crippen LogP contribution in [0.15, 0.2) is 16.3 Å². The molecule has 0 fully saturated rings. The summed E-state index contributed by atoms with van der Waals surface area (Å²) in [6, 6.07) is 3.10. The standard InChI is InChI=1S/C13H22N2O4S2/c1-4-15(5-2)10(3)9-14-21(18,19)13-7-6-11(20-13)8-12(16)17/h6-7,10,14H,4-5,8-9H2,1-3H3,(H,16,17). The van der Waals surface area contributed by atoms with Gasteiger partial charge in [0.2, 0.25) is 10.0 Å². The first-order valence-corrected chi connectivity index (χ1v) is 9.14. The summed E-state index contributed by atoms with van der Waals surface area (Å²) in [5, 5.41) is 8.71. The Kier molecular flexibility index (Phi) is 6.79. The fraction of sp³-hybridized carbons (Fsp3) is 0.615. The van der Waals surface area contributed by atoms with Gasteiger partial charge in [-0.15, -0.1) is 11.3 Å². The summed E-state index contributed by atoms with van der Waals surface area (Å²) in [6.07, 6.45) is -0.157. The number of thiophene rings is 1. The highest BCUT2D eigenvalue weighted by Crippen LogP contribution is 2.21. The van der Waals surface area contributed by atoms with Crippen LogP contribution in [0.5, 0.6) is 0 Å². The van der Waals surface area contributed by atoms with E-state index in [2.05, 4.69) is 9.62 Å². The van der Waals surface area contributed by atoms with Gasteiger partial charge in [0.15, 0.2) is 0 Å². The average molecular weight is 334 g/mol. The lowest BCUT2D eigenvalue weighted by Crippen LogP contribution is -2.41. The van der Waals surface area contributed by atoms with Gasteiger partial charge in [-0.1, -0.05) is 13.8 Å². The van der Waals surface area contributed by atoms with Crippen molar-refractivity contribution >= 4 is 27.3 Å². The maximum absolute atomic E-state index is 12.2. The highest BCUT2D eigenvalue weighted by atomic mass is 32.2. The molecule has 0 bridgehead atoms. The Morgan fingerprint density at radius 1 is 1.38 bits per heavy atom. The average Bonchev–Trinajstić information content (AvgIpc) is 2.86. The number of rotatable bonds is 9. The first-order valence-electron chi connectivity index (χ1n) is 6.84. The zero-order valence-electron chi connectivity index (χ0n) is 12.5. The van der Waals surface area contributed by atoms with Gasteiger partial charge in [-0.25, -0.2) is 13.1 Å². The van der Waals surface area contributed by atoms with Crippen molar-refractivity contribution in [2.75, 3.05) is 19.6 Å². The topological polar surface area (TPSA) is 86.7 Å². The van der Waals surface area contributed by atoms with Crippen LogP contribution in [0.3, 0.4) is 0 Å². The zero-order valence-corrected chi connectivity index (χ0v) is 14.1. The number of carboxylic acid groups (broad SMARTS) is 1. The van der Waals surface area contributed by atoms with E-state index in [-0.39, 0.29) is 16.7 Å². The fourth-order valence-electron chi connectivity index (χ4n) is 2.02. The van der Waals surface area contributed by atoms with Crippen molar-refractivity contribution in [1.82, 2.24) is 9.62 Å². The molecule has 21 heavy (non-hydrogen) atoms. The Hall–Kier alpha value is -0.960. The summed E-state index contributed by atoms with van der Waals surface area (Å²) in [5.74, 6) is -0.969. The van der Waals surface area contributed by atoms with E-state index in [1.54, 1.807) is 6.07 Å². The number of likely N-dealkylation sites (N-methyl/N-ethyl adjacent to an activating group) is 1. The van der Waals surface area contributed by atoms with Crippen LogP contribution in [0, 0.1) is 0 Å². The van der Waals surface area contributed by atoms with E-state index in [1.165, 1.54) is 6.07 Å². The van der Waals surface area contributed by atoms with E-state index in [0.29, 0.717) is 11.4 Å². The van der Waals surface area contributed by atoms with E-state index in [0.717, 1.165) is 24.4 Å². The van der Waals surface area contributed by atoms with E-state index < -0.39 is 16.0 Å².